The van der Waals surface area contributed by atoms with Crippen molar-refractivity contribution < 1.29 is 13.5 Å². The Labute approximate surface area is 217 Å². The maximum absolute atomic E-state index is 15.4. The number of nitrogen functional groups attached to an aromatic ring is 1. The van der Waals surface area contributed by atoms with Crippen molar-refractivity contribution in [2.75, 3.05) is 47.5 Å². The summed E-state index contributed by atoms with van der Waals surface area (Å²) >= 11 is 1.27. The van der Waals surface area contributed by atoms with Crippen molar-refractivity contribution in [2.45, 2.75) is 19.4 Å². The largest absolute Gasteiger partial charge is 0.377 e. The minimum Gasteiger partial charge on any atom is -0.377 e. The molecule has 9 nitrogen and oxygen atoms in total. The van der Waals surface area contributed by atoms with E-state index >= 15 is 4.39 Å². The van der Waals surface area contributed by atoms with E-state index in [1.54, 1.807) is 36.7 Å². The molecule has 3 N–H and O–H groups in total. The number of nitrogens with two attached hydrogens (primary N) is 1. The number of nitrogens with zero attached hydrogens (tertiary/aromatic N) is 6. The lowest BCUT2D eigenvalue weighted by atomic mass is 10.1. The molecular formula is C25H26F2N8OS. The monoisotopic (exact) mass is 524 g/mol. The molecule has 1 aliphatic heterocycles. The van der Waals surface area contributed by atoms with Crippen molar-refractivity contribution in [3.8, 4) is 22.6 Å². The van der Waals surface area contributed by atoms with Crippen molar-refractivity contribution >= 4 is 40.4 Å². The summed E-state index contributed by atoms with van der Waals surface area (Å²) in [5, 5.41) is 0. The summed E-state index contributed by atoms with van der Waals surface area (Å²) in [6.07, 6.45) is 3.56. The molecule has 3 aromatic heterocycles. The lowest BCUT2D eigenvalue weighted by Crippen LogP contribution is -2.44. The number of nitrogens with one attached hydrogen (secondary N) is 1. The Morgan fingerprint density at radius 3 is 2.78 bits per heavy atom. The first-order valence-corrected chi connectivity index (χ1v) is 12.9. The summed E-state index contributed by atoms with van der Waals surface area (Å²) < 4.78 is 36.4. The normalized spacial score (nSPS) is 15.8. The Balaban J connectivity index is 1.59. The SMILES string of the molecule is CC1COCCN1c1nc(-c2cnc(N)nc2)nc2ccc(-c3cccc(NSCCCF)c3F)nc12. The van der Waals surface area contributed by atoms with Gasteiger partial charge in [-0.25, -0.2) is 29.3 Å². The summed E-state index contributed by atoms with van der Waals surface area (Å²) in [4.78, 5) is 24.6. The number of pyridine rings is 1. The number of aromatic nitrogens is 5. The molecule has 4 heterocycles. The van der Waals surface area contributed by atoms with Crippen LogP contribution in [0, 0.1) is 5.82 Å². The first-order chi connectivity index (χ1) is 18.0. The molecule has 0 aliphatic carbocycles. The summed E-state index contributed by atoms with van der Waals surface area (Å²) in [6, 6.07) is 8.69. The molecule has 37 heavy (non-hydrogen) atoms. The van der Waals surface area contributed by atoms with Crippen LogP contribution in [0.4, 0.5) is 26.2 Å². The molecular weight excluding hydrogens is 498 g/mol. The number of anilines is 3. The van der Waals surface area contributed by atoms with Crippen molar-refractivity contribution in [3.05, 3.63) is 48.5 Å². The van der Waals surface area contributed by atoms with Gasteiger partial charge in [-0.15, -0.1) is 0 Å². The predicted molar refractivity (Wildman–Crippen MR) is 142 cm³/mol. The second-order valence-electron chi connectivity index (χ2n) is 8.54. The highest BCUT2D eigenvalue weighted by atomic mass is 32.2. The van der Waals surface area contributed by atoms with Gasteiger partial charge in [-0.3, -0.25) is 4.39 Å². The van der Waals surface area contributed by atoms with E-state index in [1.807, 2.05) is 6.07 Å². The Kier molecular flexibility index (Phi) is 7.56. The van der Waals surface area contributed by atoms with E-state index in [4.69, 9.17) is 25.4 Å². The number of halogens is 2. The number of alkyl halides is 1. The van der Waals surface area contributed by atoms with E-state index in [0.29, 0.717) is 77.1 Å². The van der Waals surface area contributed by atoms with Gasteiger partial charge < -0.3 is 20.1 Å². The zero-order valence-corrected chi connectivity index (χ0v) is 21.0. The third kappa shape index (κ3) is 5.39. The fraction of sp³-hybridized carbons (Fsp3) is 0.320. The average Bonchev–Trinajstić information content (AvgIpc) is 2.92. The van der Waals surface area contributed by atoms with Gasteiger partial charge in [0.2, 0.25) is 5.95 Å². The number of rotatable bonds is 8. The van der Waals surface area contributed by atoms with Crippen molar-refractivity contribution in [1.82, 2.24) is 24.9 Å². The minimum absolute atomic E-state index is 0.0541. The molecule has 192 valence electrons. The van der Waals surface area contributed by atoms with E-state index in [9.17, 15) is 4.39 Å². The number of morpholine rings is 1. The van der Waals surface area contributed by atoms with Crippen LogP contribution in [-0.4, -0.2) is 63.1 Å². The molecule has 12 heteroatoms. The van der Waals surface area contributed by atoms with Crippen LogP contribution in [-0.2, 0) is 4.74 Å². The van der Waals surface area contributed by atoms with E-state index in [0.717, 1.165) is 0 Å². The Hall–Kier alpha value is -3.64. The van der Waals surface area contributed by atoms with Crippen LogP contribution in [0.15, 0.2) is 42.7 Å². The van der Waals surface area contributed by atoms with E-state index in [2.05, 4.69) is 26.5 Å². The first-order valence-electron chi connectivity index (χ1n) is 11.9. The van der Waals surface area contributed by atoms with Gasteiger partial charge in [0.05, 0.1) is 48.4 Å². The highest BCUT2D eigenvalue weighted by molar-refractivity contribution is 8.00. The van der Waals surface area contributed by atoms with Gasteiger partial charge in [-0.1, -0.05) is 18.0 Å². The summed E-state index contributed by atoms with van der Waals surface area (Å²) in [6.45, 7) is 3.38. The van der Waals surface area contributed by atoms with Crippen LogP contribution in [0.2, 0.25) is 0 Å². The van der Waals surface area contributed by atoms with E-state index in [-0.39, 0.29) is 12.0 Å². The van der Waals surface area contributed by atoms with Gasteiger partial charge in [0.1, 0.15) is 5.52 Å². The highest BCUT2D eigenvalue weighted by Crippen LogP contribution is 2.33. The lowest BCUT2D eigenvalue weighted by molar-refractivity contribution is 0.0987. The number of ether oxygens (including phenoxy) is 1. The molecule has 1 aliphatic rings. The van der Waals surface area contributed by atoms with Crippen LogP contribution in [0.3, 0.4) is 0 Å². The number of hydrogen-bond donors (Lipinski definition) is 2. The van der Waals surface area contributed by atoms with Gasteiger partial charge in [0, 0.05) is 30.3 Å². The highest BCUT2D eigenvalue weighted by Gasteiger charge is 2.25. The summed E-state index contributed by atoms with van der Waals surface area (Å²) in [5.74, 6) is 1.34. The van der Waals surface area contributed by atoms with Crippen molar-refractivity contribution in [2.24, 2.45) is 0 Å². The number of hydrogen-bond acceptors (Lipinski definition) is 10. The zero-order chi connectivity index (χ0) is 25.8. The van der Waals surface area contributed by atoms with Gasteiger partial charge in [-0.05, 0) is 37.6 Å². The van der Waals surface area contributed by atoms with Crippen LogP contribution >= 0.6 is 11.9 Å². The molecule has 4 aromatic rings. The molecule has 1 unspecified atom stereocenters. The quantitative estimate of drug-likeness (QED) is 0.252. The fourth-order valence-electron chi connectivity index (χ4n) is 4.04. The molecule has 1 fully saturated rings. The predicted octanol–water partition coefficient (Wildman–Crippen LogP) is 4.51. The Bertz CT molecular complexity index is 1390. The maximum atomic E-state index is 15.4. The second-order valence-corrected chi connectivity index (χ2v) is 9.44. The van der Waals surface area contributed by atoms with Crippen molar-refractivity contribution in [3.63, 3.8) is 0 Å². The van der Waals surface area contributed by atoms with Gasteiger partial charge >= 0.3 is 0 Å². The molecule has 1 atom stereocenters. The van der Waals surface area contributed by atoms with Gasteiger partial charge in [0.25, 0.3) is 0 Å². The van der Waals surface area contributed by atoms with E-state index in [1.165, 1.54) is 11.9 Å². The Morgan fingerprint density at radius 2 is 2.00 bits per heavy atom. The molecule has 0 radical (unpaired) electrons. The van der Waals surface area contributed by atoms with E-state index < -0.39 is 12.5 Å². The minimum atomic E-state index is -0.431. The molecule has 1 aromatic carbocycles. The number of fused-ring (bicyclic) bond motifs is 1. The third-order valence-electron chi connectivity index (χ3n) is 5.93. The first kappa shape index (κ1) is 25.0. The topological polar surface area (TPSA) is 115 Å². The van der Waals surface area contributed by atoms with Crippen LogP contribution in [0.1, 0.15) is 13.3 Å². The summed E-state index contributed by atoms with van der Waals surface area (Å²) in [7, 11) is 0. The molecule has 1 saturated heterocycles. The zero-order valence-electron chi connectivity index (χ0n) is 20.2. The molecule has 0 spiro atoms. The third-order valence-corrected chi connectivity index (χ3v) is 6.79. The van der Waals surface area contributed by atoms with Crippen LogP contribution < -0.4 is 15.4 Å². The molecule has 0 amide bonds. The van der Waals surface area contributed by atoms with Gasteiger partial charge in [-0.2, -0.15) is 0 Å². The van der Waals surface area contributed by atoms with Crippen LogP contribution in [0.5, 0.6) is 0 Å². The lowest BCUT2D eigenvalue weighted by Gasteiger charge is -2.34. The molecule has 0 bridgehead atoms. The average molecular weight is 525 g/mol. The molecule has 5 rings (SSSR count). The maximum Gasteiger partial charge on any atom is 0.219 e. The molecule has 0 saturated carbocycles. The van der Waals surface area contributed by atoms with Crippen molar-refractivity contribution in [1.29, 1.82) is 0 Å². The fourth-order valence-corrected chi connectivity index (χ4v) is 4.71. The number of benzene rings is 1. The second kappa shape index (κ2) is 11.2. The van der Waals surface area contributed by atoms with Crippen LogP contribution in [0.25, 0.3) is 33.7 Å². The van der Waals surface area contributed by atoms with Gasteiger partial charge in [0.15, 0.2) is 17.5 Å². The Morgan fingerprint density at radius 1 is 1.16 bits per heavy atom. The smallest absolute Gasteiger partial charge is 0.219 e. The standard InChI is InChI=1S/C25H26F2N8OS/c1-15-14-36-10-9-35(15)24-22-20(32-23(33-24)16-12-29-25(28)30-13-16)7-6-18(31-22)17-4-2-5-19(21(17)27)34-37-11-3-8-26/h2,4-7,12-13,15,34H,3,8-11,14H2,1H3,(H2,28,29,30). The summed E-state index contributed by atoms with van der Waals surface area (Å²) in [5.41, 5.74) is 8.55.